The lowest BCUT2D eigenvalue weighted by atomic mass is 10.0. The van der Waals surface area contributed by atoms with E-state index < -0.39 is 11.7 Å². The van der Waals surface area contributed by atoms with Crippen LogP contribution in [0.4, 0.5) is 18.9 Å². The number of terminal acetylenes is 1. The number of hydrogen-bond acceptors (Lipinski definition) is 1. The second-order valence-electron chi connectivity index (χ2n) is 4.60. The fraction of sp³-hybridized carbons (Fsp3) is 0.118. The highest BCUT2D eigenvalue weighted by Crippen LogP contribution is 2.29. The van der Waals surface area contributed by atoms with Crippen molar-refractivity contribution in [2.45, 2.75) is 12.6 Å². The topological polar surface area (TPSA) is 29.1 Å². The van der Waals surface area contributed by atoms with E-state index in [9.17, 15) is 18.0 Å². The summed E-state index contributed by atoms with van der Waals surface area (Å²) in [6.45, 7) is 0. The Balaban J connectivity index is 2.05. The zero-order valence-electron chi connectivity index (χ0n) is 11.4. The first-order valence-corrected chi connectivity index (χ1v) is 6.42. The SMILES string of the molecule is C#Cc1ccccc1CC(=O)Nc1ccc(C(F)(F)F)cc1. The molecule has 112 valence electrons. The van der Waals surface area contributed by atoms with Crippen molar-refractivity contribution in [3.05, 3.63) is 65.2 Å². The van der Waals surface area contributed by atoms with E-state index in [1.807, 2.05) is 0 Å². The molecular formula is C17H12F3NO. The van der Waals surface area contributed by atoms with Gasteiger partial charge in [-0.15, -0.1) is 6.42 Å². The van der Waals surface area contributed by atoms with Crippen LogP contribution in [0.2, 0.25) is 0 Å². The Morgan fingerprint density at radius 3 is 2.32 bits per heavy atom. The van der Waals surface area contributed by atoms with Gasteiger partial charge in [0.1, 0.15) is 0 Å². The molecule has 2 rings (SSSR count). The lowest BCUT2D eigenvalue weighted by Crippen LogP contribution is -2.15. The quantitative estimate of drug-likeness (QED) is 0.857. The van der Waals surface area contributed by atoms with Crippen LogP contribution in [-0.4, -0.2) is 5.91 Å². The normalized spacial score (nSPS) is 10.8. The Morgan fingerprint density at radius 1 is 1.09 bits per heavy atom. The van der Waals surface area contributed by atoms with Gasteiger partial charge < -0.3 is 5.32 Å². The number of nitrogens with one attached hydrogen (secondary N) is 1. The van der Waals surface area contributed by atoms with E-state index in [0.717, 1.165) is 12.1 Å². The average Bonchev–Trinajstić information content (AvgIpc) is 2.47. The van der Waals surface area contributed by atoms with Crippen molar-refractivity contribution in [3.8, 4) is 12.3 Å². The van der Waals surface area contributed by atoms with Crippen molar-refractivity contribution >= 4 is 11.6 Å². The Bertz CT molecular complexity index is 712. The van der Waals surface area contributed by atoms with Gasteiger partial charge in [0, 0.05) is 11.3 Å². The summed E-state index contributed by atoms with van der Waals surface area (Å²) in [6, 6.07) is 11.3. The Hall–Kier alpha value is -2.74. The van der Waals surface area contributed by atoms with Crippen LogP contribution >= 0.6 is 0 Å². The van der Waals surface area contributed by atoms with E-state index in [-0.39, 0.29) is 12.3 Å². The first-order chi connectivity index (χ1) is 10.4. The number of alkyl halides is 3. The van der Waals surface area contributed by atoms with Gasteiger partial charge in [0.15, 0.2) is 0 Å². The molecule has 0 bridgehead atoms. The maximum atomic E-state index is 12.4. The molecular weight excluding hydrogens is 291 g/mol. The highest BCUT2D eigenvalue weighted by atomic mass is 19.4. The molecule has 1 amide bonds. The number of carbonyl (C=O) groups excluding carboxylic acids is 1. The first kappa shape index (κ1) is 15.6. The van der Waals surface area contributed by atoms with Crippen molar-refractivity contribution in [2.24, 2.45) is 0 Å². The lowest BCUT2D eigenvalue weighted by molar-refractivity contribution is -0.137. The average molecular weight is 303 g/mol. The number of anilines is 1. The highest BCUT2D eigenvalue weighted by Gasteiger charge is 2.29. The largest absolute Gasteiger partial charge is 0.416 e. The first-order valence-electron chi connectivity index (χ1n) is 6.42. The van der Waals surface area contributed by atoms with Crippen LogP contribution in [0.3, 0.4) is 0 Å². The van der Waals surface area contributed by atoms with Crippen LogP contribution < -0.4 is 5.32 Å². The van der Waals surface area contributed by atoms with Crippen LogP contribution in [0.25, 0.3) is 0 Å². The van der Waals surface area contributed by atoms with Crippen LogP contribution in [0.15, 0.2) is 48.5 Å². The van der Waals surface area contributed by atoms with E-state index in [4.69, 9.17) is 6.42 Å². The summed E-state index contributed by atoms with van der Waals surface area (Å²) in [5.41, 5.74) is 0.846. The second kappa shape index (κ2) is 6.35. The minimum Gasteiger partial charge on any atom is -0.326 e. The van der Waals surface area contributed by atoms with E-state index in [0.29, 0.717) is 16.8 Å². The van der Waals surface area contributed by atoms with Gasteiger partial charge in [-0.2, -0.15) is 13.2 Å². The van der Waals surface area contributed by atoms with Crippen LogP contribution in [-0.2, 0) is 17.4 Å². The molecule has 0 aliphatic heterocycles. The van der Waals surface area contributed by atoms with Gasteiger partial charge in [0.25, 0.3) is 0 Å². The molecule has 2 nitrogen and oxygen atoms in total. The summed E-state index contributed by atoms with van der Waals surface area (Å²) < 4.78 is 37.3. The van der Waals surface area contributed by atoms with Crippen LogP contribution in [0, 0.1) is 12.3 Å². The third kappa shape index (κ3) is 3.89. The van der Waals surface area contributed by atoms with Gasteiger partial charge in [-0.25, -0.2) is 0 Å². The standard InChI is InChI=1S/C17H12F3NO/c1-2-12-5-3-4-6-13(12)11-16(22)21-15-9-7-14(8-10-15)17(18,19)20/h1,3-10H,11H2,(H,21,22). The van der Waals surface area contributed by atoms with Crippen molar-refractivity contribution in [2.75, 3.05) is 5.32 Å². The van der Waals surface area contributed by atoms with Gasteiger partial charge in [0.05, 0.1) is 12.0 Å². The molecule has 0 saturated carbocycles. The molecule has 22 heavy (non-hydrogen) atoms. The van der Waals surface area contributed by atoms with Crippen molar-refractivity contribution in [3.63, 3.8) is 0 Å². The molecule has 1 N–H and O–H groups in total. The second-order valence-corrected chi connectivity index (χ2v) is 4.60. The van der Waals surface area contributed by atoms with Gasteiger partial charge in [-0.1, -0.05) is 24.1 Å². The number of rotatable bonds is 3. The minimum atomic E-state index is -4.39. The predicted molar refractivity (Wildman–Crippen MR) is 78.2 cm³/mol. The van der Waals surface area contributed by atoms with Gasteiger partial charge >= 0.3 is 6.18 Å². The van der Waals surface area contributed by atoms with Gasteiger partial charge in [-0.3, -0.25) is 4.79 Å². The monoisotopic (exact) mass is 303 g/mol. The molecule has 2 aromatic carbocycles. The van der Waals surface area contributed by atoms with Gasteiger partial charge in [0.2, 0.25) is 5.91 Å². The number of amides is 1. The molecule has 0 atom stereocenters. The molecule has 0 spiro atoms. The molecule has 0 unspecified atom stereocenters. The number of hydrogen-bond donors (Lipinski definition) is 1. The molecule has 0 aromatic heterocycles. The Kier molecular flexibility index (Phi) is 4.52. The van der Waals surface area contributed by atoms with Crippen molar-refractivity contribution in [1.29, 1.82) is 0 Å². The Labute approximate surface area is 126 Å². The number of halogens is 3. The Morgan fingerprint density at radius 2 is 1.73 bits per heavy atom. The van der Waals surface area contributed by atoms with Gasteiger partial charge in [-0.05, 0) is 35.9 Å². The van der Waals surface area contributed by atoms with Crippen LogP contribution in [0.5, 0.6) is 0 Å². The zero-order valence-corrected chi connectivity index (χ0v) is 11.4. The van der Waals surface area contributed by atoms with Crippen LogP contribution in [0.1, 0.15) is 16.7 Å². The number of carbonyl (C=O) groups is 1. The van der Waals surface area contributed by atoms with E-state index in [1.54, 1.807) is 24.3 Å². The summed E-state index contributed by atoms with van der Waals surface area (Å²) in [5.74, 6) is 2.14. The van der Waals surface area contributed by atoms with Crippen molar-refractivity contribution in [1.82, 2.24) is 0 Å². The molecule has 2 aromatic rings. The third-order valence-corrected chi connectivity index (χ3v) is 3.02. The lowest BCUT2D eigenvalue weighted by Gasteiger charge is -2.09. The smallest absolute Gasteiger partial charge is 0.326 e. The summed E-state index contributed by atoms with van der Waals surface area (Å²) in [4.78, 5) is 11.9. The summed E-state index contributed by atoms with van der Waals surface area (Å²) in [5, 5.41) is 2.55. The molecule has 0 aliphatic carbocycles. The van der Waals surface area contributed by atoms with E-state index in [2.05, 4.69) is 11.2 Å². The summed E-state index contributed by atoms with van der Waals surface area (Å²) in [7, 11) is 0. The summed E-state index contributed by atoms with van der Waals surface area (Å²) in [6.07, 6.45) is 1.01. The van der Waals surface area contributed by atoms with Crippen molar-refractivity contribution < 1.29 is 18.0 Å². The van der Waals surface area contributed by atoms with E-state index >= 15 is 0 Å². The zero-order chi connectivity index (χ0) is 16.2. The number of benzene rings is 2. The molecule has 0 saturated heterocycles. The van der Waals surface area contributed by atoms with E-state index in [1.165, 1.54) is 12.1 Å². The minimum absolute atomic E-state index is 0.0569. The maximum Gasteiger partial charge on any atom is 0.416 e. The molecule has 0 fully saturated rings. The molecule has 0 aliphatic rings. The third-order valence-electron chi connectivity index (χ3n) is 3.02. The molecule has 0 radical (unpaired) electrons. The molecule has 0 heterocycles. The fourth-order valence-corrected chi connectivity index (χ4v) is 1.94. The predicted octanol–water partition coefficient (Wildman–Crippen LogP) is 3.87. The highest BCUT2D eigenvalue weighted by molar-refractivity contribution is 5.92. The fourth-order valence-electron chi connectivity index (χ4n) is 1.94. The summed E-state index contributed by atoms with van der Waals surface area (Å²) >= 11 is 0. The maximum absolute atomic E-state index is 12.4. The molecule has 5 heteroatoms.